The number of benzene rings is 1. The van der Waals surface area contributed by atoms with Gasteiger partial charge >= 0.3 is 0 Å². The fourth-order valence-electron chi connectivity index (χ4n) is 3.51. The maximum atomic E-state index is 5.72. The molecular formula is C47H80S. The largest absolute Gasteiger partial charge is 0.121 e. The molecule has 0 N–H and O–H groups in total. The molecule has 1 heteroatoms. The van der Waals surface area contributed by atoms with E-state index in [1.54, 1.807) is 6.08 Å². The Morgan fingerprint density at radius 1 is 0.958 bits per heavy atom. The van der Waals surface area contributed by atoms with Crippen LogP contribution in [0.15, 0.2) is 103 Å². The summed E-state index contributed by atoms with van der Waals surface area (Å²) in [5.41, 5.74) is 7.51. The average Bonchev–Trinajstić information content (AvgIpc) is 3.07. The Bertz CT molecular complexity index is 1080. The third-order valence-corrected chi connectivity index (χ3v) is 9.15. The summed E-state index contributed by atoms with van der Waals surface area (Å²) in [5, 5.41) is 0.593. The van der Waals surface area contributed by atoms with E-state index in [1.807, 2.05) is 58.5 Å². The fraction of sp³-hybridized carbons (Fsp3) is 0.532. The van der Waals surface area contributed by atoms with Crippen molar-refractivity contribution in [1.82, 2.24) is 0 Å². The molecule has 0 aliphatic rings. The third kappa shape index (κ3) is 31.9. The standard InChI is InChI=1S/C20H28S.C13H22.C5H12.C5H8.C2H6.C2H4/c1-8-11-19(20(6,7)10-3)21-18-13-12-17(15(4)5)14-16(18)9-2;1-6-7-8-13(12(4)5)10-9-11(2)3;1-4-5(2)3;1-3-5-4-2;2*1-2/h2,12-14,19H,4,8,10-11H2,1,3,5-7H3;9-10H,2,6-8H2,1,3-5H3;5H,4H2,1-3H3;3-5H,1H2,2H3;1-2H3;1-2H2/b;10-9-;;5-4-;;. The lowest BCUT2D eigenvalue weighted by Crippen LogP contribution is -2.25. The van der Waals surface area contributed by atoms with E-state index in [1.165, 1.54) is 61.0 Å². The van der Waals surface area contributed by atoms with Crippen LogP contribution in [0.1, 0.15) is 160 Å². The maximum Gasteiger partial charge on any atom is 0.0384 e. The van der Waals surface area contributed by atoms with Crippen LogP contribution >= 0.6 is 11.8 Å². The smallest absolute Gasteiger partial charge is 0.0384 e. The molecule has 1 rings (SSSR count). The van der Waals surface area contributed by atoms with Gasteiger partial charge in [-0.1, -0.05) is 167 Å². The summed E-state index contributed by atoms with van der Waals surface area (Å²) in [6.45, 7) is 49.8. The SMILES string of the molecule is C#Cc1cc(C(=C)C)ccc1SC(CCC)C(C)(C)CC.C=C.C=C(C)/C=C\C(CCCC)=C(C)C.C=C/C=C\C.CC.CCC(C)C. The van der Waals surface area contributed by atoms with Crippen molar-refractivity contribution in [1.29, 1.82) is 0 Å². The first kappa shape index (κ1) is 54.7. The molecule has 0 spiro atoms. The van der Waals surface area contributed by atoms with Crippen molar-refractivity contribution in [3.05, 3.63) is 109 Å². The highest BCUT2D eigenvalue weighted by molar-refractivity contribution is 8.00. The summed E-state index contributed by atoms with van der Waals surface area (Å²) in [7, 11) is 0. The summed E-state index contributed by atoms with van der Waals surface area (Å²) in [6.07, 6.45) is 24.2. The minimum Gasteiger partial charge on any atom is -0.121 e. The van der Waals surface area contributed by atoms with Gasteiger partial charge in [-0.05, 0) is 94.9 Å². The predicted octanol–water partition coefficient (Wildman–Crippen LogP) is 16.7. The zero-order valence-electron chi connectivity index (χ0n) is 34.7. The first-order valence-corrected chi connectivity index (χ1v) is 19.2. The quantitative estimate of drug-likeness (QED) is 0.0818. The van der Waals surface area contributed by atoms with Crippen LogP contribution < -0.4 is 0 Å². The molecule has 0 fully saturated rings. The van der Waals surface area contributed by atoms with Crippen LogP contribution in [0.4, 0.5) is 0 Å². The molecule has 0 bridgehead atoms. The van der Waals surface area contributed by atoms with Crippen molar-refractivity contribution in [3.63, 3.8) is 0 Å². The average molecular weight is 677 g/mol. The predicted molar refractivity (Wildman–Crippen MR) is 232 cm³/mol. The highest BCUT2D eigenvalue weighted by Gasteiger charge is 2.28. The lowest BCUT2D eigenvalue weighted by Gasteiger charge is -2.33. The summed E-state index contributed by atoms with van der Waals surface area (Å²) < 4.78 is 0. The summed E-state index contributed by atoms with van der Waals surface area (Å²) >= 11 is 1.94. The second-order valence-electron chi connectivity index (χ2n) is 12.7. The van der Waals surface area contributed by atoms with E-state index in [0.717, 1.165) is 28.2 Å². The van der Waals surface area contributed by atoms with Gasteiger partial charge in [0.25, 0.3) is 0 Å². The molecule has 0 aliphatic heterocycles. The van der Waals surface area contributed by atoms with Gasteiger partial charge in [-0.25, -0.2) is 0 Å². The highest BCUT2D eigenvalue weighted by Crippen LogP contribution is 2.41. The first-order chi connectivity index (χ1) is 22.6. The molecule has 0 radical (unpaired) electrons. The molecule has 48 heavy (non-hydrogen) atoms. The Labute approximate surface area is 308 Å². The fourth-order valence-corrected chi connectivity index (χ4v) is 5.05. The van der Waals surface area contributed by atoms with E-state index in [2.05, 4.69) is 138 Å². The van der Waals surface area contributed by atoms with Crippen LogP contribution in [-0.2, 0) is 0 Å². The number of hydrogen-bond acceptors (Lipinski definition) is 1. The Balaban J connectivity index is -0.000000194. The minimum absolute atomic E-state index is 0.319. The highest BCUT2D eigenvalue weighted by atomic mass is 32.2. The Kier molecular flexibility index (Phi) is 42.4. The molecule has 274 valence electrons. The number of terminal acetylenes is 1. The monoisotopic (exact) mass is 677 g/mol. The number of unbranched alkanes of at least 4 members (excludes halogenated alkanes) is 1. The molecule has 0 heterocycles. The van der Waals surface area contributed by atoms with Crippen molar-refractivity contribution >= 4 is 17.3 Å². The summed E-state index contributed by atoms with van der Waals surface area (Å²) in [5.74, 6) is 3.73. The van der Waals surface area contributed by atoms with E-state index in [4.69, 9.17) is 6.42 Å². The second kappa shape index (κ2) is 37.1. The normalized spacial score (nSPS) is 10.6. The van der Waals surface area contributed by atoms with E-state index in [9.17, 15) is 0 Å². The van der Waals surface area contributed by atoms with E-state index in [-0.39, 0.29) is 0 Å². The Hall–Kier alpha value is -2.69. The molecule has 1 unspecified atom stereocenters. The van der Waals surface area contributed by atoms with E-state index >= 15 is 0 Å². The zero-order valence-corrected chi connectivity index (χ0v) is 35.6. The van der Waals surface area contributed by atoms with Crippen molar-refractivity contribution in [2.24, 2.45) is 11.3 Å². The molecule has 0 nitrogen and oxygen atoms in total. The van der Waals surface area contributed by atoms with Gasteiger partial charge in [-0.15, -0.1) is 31.3 Å². The maximum absolute atomic E-state index is 5.72. The number of hydrogen-bond donors (Lipinski definition) is 0. The third-order valence-electron chi connectivity index (χ3n) is 7.39. The van der Waals surface area contributed by atoms with Gasteiger partial charge in [0.2, 0.25) is 0 Å². The lowest BCUT2D eigenvalue weighted by atomic mass is 9.84. The van der Waals surface area contributed by atoms with Crippen molar-refractivity contribution in [2.75, 3.05) is 0 Å². The van der Waals surface area contributed by atoms with Crippen molar-refractivity contribution < 1.29 is 0 Å². The molecule has 1 aromatic rings. The lowest BCUT2D eigenvalue weighted by molar-refractivity contribution is 0.324. The molecule has 0 saturated heterocycles. The van der Waals surface area contributed by atoms with E-state index in [0.29, 0.717) is 10.7 Å². The van der Waals surface area contributed by atoms with Crippen molar-refractivity contribution in [3.8, 4) is 12.3 Å². The van der Waals surface area contributed by atoms with Crippen LogP contribution in [0.2, 0.25) is 0 Å². The van der Waals surface area contributed by atoms with Crippen LogP contribution in [0.3, 0.4) is 0 Å². The summed E-state index contributed by atoms with van der Waals surface area (Å²) in [6, 6.07) is 6.39. The molecule has 0 amide bonds. The van der Waals surface area contributed by atoms with Gasteiger partial charge in [0, 0.05) is 15.7 Å². The number of allylic oxidation sites excluding steroid dienone is 9. The number of rotatable bonds is 14. The molecule has 1 aromatic carbocycles. The van der Waals surface area contributed by atoms with Crippen LogP contribution in [-0.4, -0.2) is 5.25 Å². The molecule has 1 atom stereocenters. The van der Waals surface area contributed by atoms with Crippen LogP contribution in [0.25, 0.3) is 5.57 Å². The van der Waals surface area contributed by atoms with Crippen LogP contribution in [0.5, 0.6) is 0 Å². The molecular weight excluding hydrogens is 597 g/mol. The Morgan fingerprint density at radius 3 is 1.81 bits per heavy atom. The summed E-state index contributed by atoms with van der Waals surface area (Å²) in [4.78, 5) is 1.22. The topological polar surface area (TPSA) is 0 Å². The van der Waals surface area contributed by atoms with E-state index < -0.39 is 0 Å². The minimum atomic E-state index is 0.319. The zero-order chi connectivity index (χ0) is 38.7. The molecule has 0 aromatic heterocycles. The van der Waals surface area contributed by atoms with Gasteiger partial charge in [0.1, 0.15) is 0 Å². The first-order valence-electron chi connectivity index (χ1n) is 18.3. The Morgan fingerprint density at radius 2 is 1.50 bits per heavy atom. The van der Waals surface area contributed by atoms with Gasteiger partial charge in [-0.2, -0.15) is 0 Å². The second-order valence-corrected chi connectivity index (χ2v) is 14.0. The van der Waals surface area contributed by atoms with Crippen molar-refractivity contribution in [2.45, 2.75) is 159 Å². The van der Waals surface area contributed by atoms with Crippen LogP contribution in [0, 0.1) is 23.7 Å². The molecule has 0 aliphatic carbocycles. The van der Waals surface area contributed by atoms with Gasteiger partial charge in [0.05, 0.1) is 0 Å². The van der Waals surface area contributed by atoms with Gasteiger partial charge < -0.3 is 0 Å². The number of thioether (sulfide) groups is 1. The molecule has 0 saturated carbocycles. The van der Waals surface area contributed by atoms with Gasteiger partial charge in [-0.3, -0.25) is 0 Å². The van der Waals surface area contributed by atoms with Gasteiger partial charge in [0.15, 0.2) is 0 Å².